The predicted molar refractivity (Wildman–Crippen MR) is 129 cm³/mol. The lowest BCUT2D eigenvalue weighted by Crippen LogP contribution is -1.89. The molecular weight excluding hydrogens is 416 g/mol. The molecule has 0 aliphatic rings. The minimum atomic E-state index is 1.11. The largest absolute Gasteiger partial charge is 0.0622 e. The van der Waals surface area contributed by atoms with Gasteiger partial charge in [0.2, 0.25) is 0 Å². The van der Waals surface area contributed by atoms with Gasteiger partial charge in [0.15, 0.2) is 0 Å². The molecular formula is C28H19Br. The molecule has 0 saturated carbocycles. The Morgan fingerprint density at radius 2 is 1.17 bits per heavy atom. The van der Waals surface area contributed by atoms with Gasteiger partial charge in [-0.3, -0.25) is 0 Å². The van der Waals surface area contributed by atoms with E-state index in [1.54, 1.807) is 0 Å². The van der Waals surface area contributed by atoms with Gasteiger partial charge in [-0.2, -0.15) is 0 Å². The first kappa shape index (κ1) is 17.9. The van der Waals surface area contributed by atoms with Gasteiger partial charge in [0.1, 0.15) is 0 Å². The molecule has 0 spiro atoms. The van der Waals surface area contributed by atoms with Crippen LogP contribution in [0.4, 0.5) is 0 Å². The van der Waals surface area contributed by atoms with Crippen LogP contribution in [-0.4, -0.2) is 0 Å². The van der Waals surface area contributed by atoms with E-state index in [0.717, 1.165) is 4.47 Å². The van der Waals surface area contributed by atoms with Gasteiger partial charge in [-0.05, 0) is 74.1 Å². The maximum Gasteiger partial charge on any atom is 0.0181 e. The van der Waals surface area contributed by atoms with Crippen LogP contribution in [0.3, 0.4) is 0 Å². The van der Waals surface area contributed by atoms with Crippen molar-refractivity contribution in [2.75, 3.05) is 0 Å². The Bertz CT molecular complexity index is 1350. The van der Waals surface area contributed by atoms with Crippen molar-refractivity contribution in [1.29, 1.82) is 0 Å². The Morgan fingerprint density at radius 3 is 2.03 bits per heavy atom. The number of benzene rings is 5. The van der Waals surface area contributed by atoms with E-state index in [2.05, 4.69) is 131 Å². The number of halogens is 1. The first-order valence-corrected chi connectivity index (χ1v) is 10.5. The highest BCUT2D eigenvalue weighted by Gasteiger charge is 2.07. The van der Waals surface area contributed by atoms with Crippen LogP contribution in [0.5, 0.6) is 0 Å². The summed E-state index contributed by atoms with van der Waals surface area (Å²) < 4.78 is 1.11. The molecule has 0 saturated heterocycles. The lowest BCUT2D eigenvalue weighted by molar-refractivity contribution is 1.57. The highest BCUT2D eigenvalue weighted by atomic mass is 79.9. The summed E-state index contributed by atoms with van der Waals surface area (Å²) in [4.78, 5) is 0. The molecule has 0 aliphatic carbocycles. The Kier molecular flexibility index (Phi) is 4.75. The van der Waals surface area contributed by atoms with Crippen LogP contribution in [0.1, 0.15) is 16.7 Å². The second kappa shape index (κ2) is 7.69. The highest BCUT2D eigenvalue weighted by Crippen LogP contribution is 2.30. The molecule has 0 aliphatic heterocycles. The molecule has 0 heterocycles. The summed E-state index contributed by atoms with van der Waals surface area (Å²) in [6.45, 7) is 0. The third-order valence-electron chi connectivity index (χ3n) is 5.28. The molecule has 0 fully saturated rings. The average molecular weight is 435 g/mol. The lowest BCUT2D eigenvalue weighted by Gasteiger charge is -2.11. The van der Waals surface area contributed by atoms with Crippen molar-refractivity contribution in [3.63, 3.8) is 0 Å². The molecule has 5 aromatic rings. The average Bonchev–Trinajstić information content (AvgIpc) is 2.78. The van der Waals surface area contributed by atoms with Gasteiger partial charge in [0.05, 0.1) is 0 Å². The van der Waals surface area contributed by atoms with E-state index >= 15 is 0 Å². The Labute approximate surface area is 179 Å². The van der Waals surface area contributed by atoms with Crippen molar-refractivity contribution in [2.45, 2.75) is 0 Å². The molecule has 0 atom stereocenters. The summed E-state index contributed by atoms with van der Waals surface area (Å²) in [6, 6.07) is 38.9. The molecule has 0 nitrogen and oxygen atoms in total. The molecule has 0 N–H and O–H groups in total. The third-order valence-corrected chi connectivity index (χ3v) is 5.78. The molecule has 138 valence electrons. The number of fused-ring (bicyclic) bond motifs is 2. The van der Waals surface area contributed by atoms with Gasteiger partial charge < -0.3 is 0 Å². The summed E-state index contributed by atoms with van der Waals surface area (Å²) in [5, 5.41) is 5.01. The van der Waals surface area contributed by atoms with Gasteiger partial charge in [-0.15, -0.1) is 0 Å². The molecule has 0 unspecified atom stereocenters. The van der Waals surface area contributed by atoms with Crippen molar-refractivity contribution in [1.82, 2.24) is 0 Å². The van der Waals surface area contributed by atoms with E-state index in [1.807, 2.05) is 0 Å². The van der Waals surface area contributed by atoms with Gasteiger partial charge >= 0.3 is 0 Å². The maximum atomic E-state index is 3.56. The van der Waals surface area contributed by atoms with Crippen molar-refractivity contribution in [3.05, 3.63) is 130 Å². The van der Waals surface area contributed by atoms with Crippen LogP contribution in [-0.2, 0) is 0 Å². The molecule has 0 aromatic heterocycles. The molecule has 29 heavy (non-hydrogen) atoms. The second-order valence-corrected chi connectivity index (χ2v) is 8.15. The molecule has 1 heteroatoms. The van der Waals surface area contributed by atoms with Crippen LogP contribution < -0.4 is 0 Å². The van der Waals surface area contributed by atoms with E-state index in [-0.39, 0.29) is 0 Å². The number of hydrogen-bond acceptors (Lipinski definition) is 0. The smallest absolute Gasteiger partial charge is 0.0181 e. The molecule has 5 rings (SSSR count). The zero-order valence-corrected chi connectivity index (χ0v) is 17.4. The monoisotopic (exact) mass is 434 g/mol. The summed E-state index contributed by atoms with van der Waals surface area (Å²) in [5.41, 5.74) is 4.88. The zero-order valence-electron chi connectivity index (χ0n) is 15.8. The summed E-state index contributed by atoms with van der Waals surface area (Å²) in [5.74, 6) is 0. The van der Waals surface area contributed by atoms with Gasteiger partial charge in [0.25, 0.3) is 0 Å². The SMILES string of the molecule is Brc1ccc2cc(C=C(c3ccccc3)c3ccc4ccccc4c3)ccc2c1. The fourth-order valence-corrected chi connectivity index (χ4v) is 4.18. The summed E-state index contributed by atoms with van der Waals surface area (Å²) in [7, 11) is 0. The molecule has 0 bridgehead atoms. The van der Waals surface area contributed by atoms with Crippen LogP contribution in [0.2, 0.25) is 0 Å². The molecule has 0 amide bonds. The van der Waals surface area contributed by atoms with E-state index in [1.165, 1.54) is 43.8 Å². The standard InChI is InChI=1S/C28H19Br/c29-27-15-14-24-16-20(10-11-25(24)19-27)17-28(22-7-2-1-3-8-22)26-13-12-21-6-4-5-9-23(21)18-26/h1-19H. The van der Waals surface area contributed by atoms with Crippen molar-refractivity contribution < 1.29 is 0 Å². The number of hydrogen-bond donors (Lipinski definition) is 0. The minimum absolute atomic E-state index is 1.11. The predicted octanol–water partition coefficient (Wildman–Crippen LogP) is 8.34. The first-order chi connectivity index (χ1) is 14.3. The molecule has 5 aromatic carbocycles. The normalized spacial score (nSPS) is 11.8. The van der Waals surface area contributed by atoms with Crippen LogP contribution in [0.25, 0.3) is 33.2 Å². The molecule has 0 radical (unpaired) electrons. The van der Waals surface area contributed by atoms with E-state index < -0.39 is 0 Å². The van der Waals surface area contributed by atoms with Crippen LogP contribution >= 0.6 is 15.9 Å². The Balaban J connectivity index is 1.68. The van der Waals surface area contributed by atoms with E-state index in [9.17, 15) is 0 Å². The van der Waals surface area contributed by atoms with Crippen molar-refractivity contribution in [3.8, 4) is 0 Å². The Morgan fingerprint density at radius 1 is 0.517 bits per heavy atom. The number of rotatable bonds is 3. The highest BCUT2D eigenvalue weighted by molar-refractivity contribution is 9.10. The minimum Gasteiger partial charge on any atom is -0.0622 e. The fraction of sp³-hybridized carbons (Fsp3) is 0. The van der Waals surface area contributed by atoms with Crippen LogP contribution in [0, 0.1) is 0 Å². The zero-order chi connectivity index (χ0) is 19.6. The summed E-state index contributed by atoms with van der Waals surface area (Å²) >= 11 is 3.56. The van der Waals surface area contributed by atoms with E-state index in [4.69, 9.17) is 0 Å². The van der Waals surface area contributed by atoms with Crippen molar-refractivity contribution >= 4 is 49.1 Å². The van der Waals surface area contributed by atoms with Crippen molar-refractivity contribution in [2.24, 2.45) is 0 Å². The fourth-order valence-electron chi connectivity index (χ4n) is 3.80. The first-order valence-electron chi connectivity index (χ1n) is 9.72. The lowest BCUT2D eigenvalue weighted by atomic mass is 9.93. The topological polar surface area (TPSA) is 0 Å². The summed E-state index contributed by atoms with van der Waals surface area (Å²) in [6.07, 6.45) is 2.29. The quantitative estimate of drug-likeness (QED) is 0.250. The maximum absolute atomic E-state index is 3.56. The van der Waals surface area contributed by atoms with E-state index in [0.29, 0.717) is 0 Å². The van der Waals surface area contributed by atoms with Gasteiger partial charge in [0, 0.05) is 4.47 Å². The van der Waals surface area contributed by atoms with Gasteiger partial charge in [-0.25, -0.2) is 0 Å². The third kappa shape index (κ3) is 3.74. The Hall–Kier alpha value is -3.16. The van der Waals surface area contributed by atoms with Gasteiger partial charge in [-0.1, -0.05) is 101 Å². The van der Waals surface area contributed by atoms with Crippen LogP contribution in [0.15, 0.2) is 114 Å². The second-order valence-electron chi connectivity index (χ2n) is 7.24.